The average molecular weight is 299 g/mol. The molecule has 0 amide bonds. The van der Waals surface area contributed by atoms with E-state index in [9.17, 15) is 4.79 Å². The maximum Gasteiger partial charge on any atom is 0.326 e. The molecule has 1 N–H and O–H groups in total. The van der Waals surface area contributed by atoms with Crippen LogP contribution < -0.4 is 5.32 Å². The number of rotatable bonds is 9. The fourth-order valence-corrected chi connectivity index (χ4v) is 3.22. The van der Waals surface area contributed by atoms with E-state index in [0.717, 1.165) is 25.9 Å². The molecule has 0 aliphatic heterocycles. The van der Waals surface area contributed by atoms with Gasteiger partial charge in [-0.15, -0.1) is 0 Å². The van der Waals surface area contributed by atoms with Gasteiger partial charge in [0.05, 0.1) is 12.7 Å². The Bertz CT molecular complexity index is 319. The van der Waals surface area contributed by atoms with Crippen LogP contribution in [0.2, 0.25) is 0 Å². The summed E-state index contributed by atoms with van der Waals surface area (Å²) in [5.41, 5.74) is -0.553. The lowest BCUT2D eigenvalue weighted by atomic mass is 9.96. The Labute approximate surface area is 130 Å². The highest BCUT2D eigenvalue weighted by Gasteiger charge is 2.47. The maximum absolute atomic E-state index is 12.3. The van der Waals surface area contributed by atoms with E-state index in [-0.39, 0.29) is 18.1 Å². The highest BCUT2D eigenvalue weighted by atomic mass is 16.5. The van der Waals surface area contributed by atoms with Crippen molar-refractivity contribution in [2.75, 3.05) is 13.2 Å². The molecule has 124 valence electrons. The number of hydrogen-bond donors (Lipinski definition) is 1. The molecule has 3 unspecified atom stereocenters. The van der Waals surface area contributed by atoms with Gasteiger partial charge in [0.1, 0.15) is 5.54 Å². The van der Waals surface area contributed by atoms with Crippen molar-refractivity contribution in [2.24, 2.45) is 5.92 Å². The van der Waals surface area contributed by atoms with Crippen molar-refractivity contribution in [2.45, 2.75) is 84.4 Å². The second-order valence-electron chi connectivity index (χ2n) is 6.69. The van der Waals surface area contributed by atoms with Gasteiger partial charge in [0.25, 0.3) is 0 Å². The van der Waals surface area contributed by atoms with Gasteiger partial charge in [0.15, 0.2) is 0 Å². The quantitative estimate of drug-likeness (QED) is 0.664. The van der Waals surface area contributed by atoms with Gasteiger partial charge in [-0.25, -0.2) is 0 Å². The number of carbonyl (C=O) groups excluding carboxylic acids is 1. The molecule has 0 radical (unpaired) electrons. The first-order valence-corrected chi connectivity index (χ1v) is 8.50. The summed E-state index contributed by atoms with van der Waals surface area (Å²) in [5.74, 6) is 0.469. The molecule has 0 bridgehead atoms. The van der Waals surface area contributed by atoms with Crippen LogP contribution in [-0.2, 0) is 14.3 Å². The molecule has 4 heteroatoms. The van der Waals surface area contributed by atoms with Gasteiger partial charge in [0, 0.05) is 19.1 Å². The summed E-state index contributed by atoms with van der Waals surface area (Å²) in [5, 5.41) is 3.43. The van der Waals surface area contributed by atoms with Crippen molar-refractivity contribution < 1.29 is 14.3 Å². The Morgan fingerprint density at radius 3 is 2.62 bits per heavy atom. The van der Waals surface area contributed by atoms with Crippen molar-refractivity contribution in [1.82, 2.24) is 5.32 Å². The number of carbonyl (C=O) groups is 1. The average Bonchev–Trinajstić information content (AvgIpc) is 2.81. The third-order valence-corrected chi connectivity index (χ3v) is 4.10. The van der Waals surface area contributed by atoms with Crippen molar-refractivity contribution in [3.63, 3.8) is 0 Å². The van der Waals surface area contributed by atoms with Crippen LogP contribution in [0.1, 0.15) is 66.7 Å². The molecule has 0 spiro atoms. The van der Waals surface area contributed by atoms with E-state index >= 15 is 0 Å². The van der Waals surface area contributed by atoms with Gasteiger partial charge in [-0.1, -0.05) is 20.3 Å². The molecule has 4 nitrogen and oxygen atoms in total. The second-order valence-corrected chi connectivity index (χ2v) is 6.69. The topological polar surface area (TPSA) is 47.6 Å². The summed E-state index contributed by atoms with van der Waals surface area (Å²) in [4.78, 5) is 12.3. The van der Waals surface area contributed by atoms with E-state index in [4.69, 9.17) is 9.47 Å². The van der Waals surface area contributed by atoms with Crippen LogP contribution >= 0.6 is 0 Å². The molecule has 1 aliphatic carbocycles. The van der Waals surface area contributed by atoms with Gasteiger partial charge in [0.2, 0.25) is 0 Å². The highest BCUT2D eigenvalue weighted by molar-refractivity contribution is 5.81. The summed E-state index contributed by atoms with van der Waals surface area (Å²) in [7, 11) is 0. The van der Waals surface area contributed by atoms with Gasteiger partial charge in [-0.3, -0.25) is 10.1 Å². The summed E-state index contributed by atoms with van der Waals surface area (Å²) < 4.78 is 11.3. The zero-order chi connectivity index (χ0) is 15.9. The van der Waals surface area contributed by atoms with Crippen LogP contribution in [0.3, 0.4) is 0 Å². The van der Waals surface area contributed by atoms with Gasteiger partial charge < -0.3 is 9.47 Å². The summed E-state index contributed by atoms with van der Waals surface area (Å²) in [6, 6.07) is 0.257. The first-order valence-electron chi connectivity index (χ1n) is 8.50. The fourth-order valence-electron chi connectivity index (χ4n) is 3.22. The minimum Gasteiger partial charge on any atom is -0.465 e. The lowest BCUT2D eigenvalue weighted by molar-refractivity contribution is -0.151. The van der Waals surface area contributed by atoms with E-state index < -0.39 is 5.54 Å². The van der Waals surface area contributed by atoms with E-state index in [1.807, 2.05) is 6.92 Å². The third kappa shape index (κ3) is 5.59. The van der Waals surface area contributed by atoms with Gasteiger partial charge in [-0.05, 0) is 46.0 Å². The monoisotopic (exact) mass is 299 g/mol. The predicted molar refractivity (Wildman–Crippen MR) is 85.3 cm³/mol. The second kappa shape index (κ2) is 8.74. The van der Waals surface area contributed by atoms with Crippen molar-refractivity contribution in [3.05, 3.63) is 0 Å². The molecule has 0 aromatic heterocycles. The minimum absolute atomic E-state index is 0.119. The molecule has 0 aromatic rings. The van der Waals surface area contributed by atoms with Crippen LogP contribution in [0, 0.1) is 5.92 Å². The van der Waals surface area contributed by atoms with Crippen molar-refractivity contribution in [3.8, 4) is 0 Å². The van der Waals surface area contributed by atoms with E-state index in [0.29, 0.717) is 12.5 Å². The molecule has 1 rings (SSSR count). The Hall–Kier alpha value is -0.610. The van der Waals surface area contributed by atoms with Gasteiger partial charge >= 0.3 is 5.97 Å². The molecule has 0 heterocycles. The first-order chi connectivity index (χ1) is 9.93. The van der Waals surface area contributed by atoms with Crippen molar-refractivity contribution in [1.29, 1.82) is 0 Å². The van der Waals surface area contributed by atoms with E-state index in [1.165, 1.54) is 12.8 Å². The van der Waals surface area contributed by atoms with Crippen molar-refractivity contribution >= 4 is 5.97 Å². The zero-order valence-electron chi connectivity index (χ0n) is 14.4. The normalized spacial score (nSPS) is 27.0. The summed E-state index contributed by atoms with van der Waals surface area (Å²) in [6.07, 6.45) is 5.01. The lowest BCUT2D eigenvalue weighted by Gasteiger charge is -2.30. The Morgan fingerprint density at radius 2 is 2.05 bits per heavy atom. The molecular weight excluding hydrogens is 266 g/mol. The van der Waals surface area contributed by atoms with E-state index in [1.54, 1.807) is 0 Å². The van der Waals surface area contributed by atoms with Gasteiger partial charge in [-0.2, -0.15) is 0 Å². The largest absolute Gasteiger partial charge is 0.465 e. The molecule has 1 saturated carbocycles. The molecule has 1 aliphatic rings. The lowest BCUT2D eigenvalue weighted by Crippen LogP contribution is -2.54. The maximum atomic E-state index is 12.3. The van der Waals surface area contributed by atoms with Crippen LogP contribution in [-0.4, -0.2) is 36.9 Å². The summed E-state index contributed by atoms with van der Waals surface area (Å²) >= 11 is 0. The first kappa shape index (κ1) is 18.4. The SMILES string of the molecule is CCCC(C)COC1CCC(NC(C)C)(C(=O)OCC)C1. The molecule has 21 heavy (non-hydrogen) atoms. The Kier molecular flexibility index (Phi) is 7.67. The van der Waals surface area contributed by atoms with E-state index in [2.05, 4.69) is 33.0 Å². The van der Waals surface area contributed by atoms with Crippen LogP contribution in [0.15, 0.2) is 0 Å². The summed E-state index contributed by atoms with van der Waals surface area (Å²) in [6.45, 7) is 11.6. The molecule has 3 atom stereocenters. The van der Waals surface area contributed by atoms with Crippen LogP contribution in [0.5, 0.6) is 0 Å². The standard InChI is InChI=1S/C17H33NO3/c1-6-8-14(5)12-21-15-9-10-17(11-15,18-13(3)4)16(19)20-7-2/h13-15,18H,6-12H2,1-5H3. The third-order valence-electron chi connectivity index (χ3n) is 4.10. The number of ether oxygens (including phenoxy) is 2. The Balaban J connectivity index is 2.57. The molecular formula is C17H33NO3. The Morgan fingerprint density at radius 1 is 1.33 bits per heavy atom. The molecule has 0 aromatic carbocycles. The van der Waals surface area contributed by atoms with Crippen LogP contribution in [0.25, 0.3) is 0 Å². The van der Waals surface area contributed by atoms with Crippen LogP contribution in [0.4, 0.5) is 0 Å². The number of esters is 1. The molecule has 0 saturated heterocycles. The smallest absolute Gasteiger partial charge is 0.326 e. The zero-order valence-corrected chi connectivity index (χ0v) is 14.4. The fraction of sp³-hybridized carbons (Fsp3) is 0.941. The number of nitrogens with one attached hydrogen (secondary N) is 1. The minimum atomic E-state index is -0.553. The molecule has 1 fully saturated rings. The highest BCUT2D eigenvalue weighted by Crippen LogP contribution is 2.34. The number of hydrogen-bond acceptors (Lipinski definition) is 4. The predicted octanol–water partition coefficient (Wildman–Crippen LogP) is 3.29.